The number of fused-ring (bicyclic) bond motifs is 1. The Balaban J connectivity index is 2.23. The van der Waals surface area contributed by atoms with Crippen LogP contribution in [0.5, 0.6) is 0 Å². The van der Waals surface area contributed by atoms with Gasteiger partial charge in [-0.2, -0.15) is 0 Å². The molecule has 0 aromatic carbocycles. The molecule has 1 aliphatic heterocycles. The van der Waals surface area contributed by atoms with E-state index in [2.05, 4.69) is 5.32 Å². The lowest BCUT2D eigenvalue weighted by Gasteiger charge is -2.44. The fraction of sp³-hybridized carbons (Fsp3) is 0.667. The van der Waals surface area contributed by atoms with Crippen LogP contribution in [0.1, 0.15) is 12.8 Å². The number of rotatable bonds is 0. The second-order valence-electron chi connectivity index (χ2n) is 2.88. The number of halogens is 1. The first-order valence-electron chi connectivity index (χ1n) is 3.44. The molecule has 2 fully saturated rings. The number of imide groups is 1. The van der Waals surface area contributed by atoms with Gasteiger partial charge in [-0.1, -0.05) is 0 Å². The Labute approximate surface area is 62.1 Å². The van der Waals surface area contributed by atoms with Gasteiger partial charge in [0.05, 0.1) is 6.04 Å². The zero-order chi connectivity index (χ0) is 8.06. The molecule has 1 saturated carbocycles. The first-order chi connectivity index (χ1) is 5.13. The smallest absolute Gasteiger partial charge is 0.321 e. The summed E-state index contributed by atoms with van der Waals surface area (Å²) in [6.07, 6.45) is 0.763. The van der Waals surface area contributed by atoms with Gasteiger partial charge in [-0.15, -0.1) is 0 Å². The van der Waals surface area contributed by atoms with Crippen molar-refractivity contribution >= 4 is 11.9 Å². The topological polar surface area (TPSA) is 58.2 Å². The minimum Gasteiger partial charge on any atom is -0.331 e. The molecule has 2 rings (SSSR count). The number of carbonyl (C=O) groups excluding carboxylic acids is 2. The molecule has 0 radical (unpaired) electrons. The highest BCUT2D eigenvalue weighted by Crippen LogP contribution is 2.37. The fourth-order valence-corrected chi connectivity index (χ4v) is 1.40. The van der Waals surface area contributed by atoms with E-state index in [0.29, 0.717) is 6.42 Å². The third-order valence-electron chi connectivity index (χ3n) is 2.26. The Hall–Kier alpha value is -1.13. The molecule has 1 heterocycles. The van der Waals surface area contributed by atoms with Crippen molar-refractivity contribution in [1.29, 1.82) is 0 Å². The van der Waals surface area contributed by atoms with Crippen LogP contribution in [0.4, 0.5) is 9.18 Å². The number of hydrogen-bond acceptors (Lipinski definition) is 2. The third kappa shape index (κ3) is 0.677. The van der Waals surface area contributed by atoms with Crippen LogP contribution in [-0.4, -0.2) is 23.6 Å². The van der Waals surface area contributed by atoms with Crippen LogP contribution < -0.4 is 10.6 Å². The summed E-state index contributed by atoms with van der Waals surface area (Å²) in [6.45, 7) is 0. The Bertz CT molecular complexity index is 243. The first kappa shape index (κ1) is 6.57. The maximum atomic E-state index is 13.3. The minimum absolute atomic E-state index is 0.212. The predicted octanol–water partition coefficient (Wildman–Crippen LogP) is -0.304. The summed E-state index contributed by atoms with van der Waals surface area (Å²) in [4.78, 5) is 21.4. The molecule has 2 atom stereocenters. The molecule has 0 aromatic rings. The highest BCUT2D eigenvalue weighted by Gasteiger charge is 2.57. The molecule has 0 spiro atoms. The number of urea groups is 1. The van der Waals surface area contributed by atoms with Crippen LogP contribution >= 0.6 is 0 Å². The normalized spacial score (nSPS) is 41.7. The molecule has 3 amide bonds. The molecule has 5 heteroatoms. The zero-order valence-corrected chi connectivity index (χ0v) is 5.69. The number of hydrogen-bond donors (Lipinski definition) is 2. The van der Waals surface area contributed by atoms with E-state index in [1.807, 2.05) is 5.32 Å². The van der Waals surface area contributed by atoms with Gasteiger partial charge in [-0.05, 0) is 12.8 Å². The molecule has 60 valence electrons. The van der Waals surface area contributed by atoms with E-state index in [1.165, 1.54) is 0 Å². The van der Waals surface area contributed by atoms with Crippen molar-refractivity contribution in [3.05, 3.63) is 0 Å². The lowest BCUT2D eigenvalue weighted by Crippen LogP contribution is -2.71. The summed E-state index contributed by atoms with van der Waals surface area (Å²) in [5, 5.41) is 4.23. The van der Waals surface area contributed by atoms with Crippen molar-refractivity contribution in [3.8, 4) is 0 Å². The summed E-state index contributed by atoms with van der Waals surface area (Å²) in [6, 6.07) is -1.18. The second kappa shape index (κ2) is 1.72. The fourth-order valence-electron chi connectivity index (χ4n) is 1.40. The van der Waals surface area contributed by atoms with Crippen LogP contribution in [0.3, 0.4) is 0 Å². The van der Waals surface area contributed by atoms with Crippen LogP contribution in [0.15, 0.2) is 0 Å². The average Bonchev–Trinajstić information content (AvgIpc) is 1.94. The number of alkyl halides is 1. The molecule has 11 heavy (non-hydrogen) atoms. The van der Waals surface area contributed by atoms with E-state index in [-0.39, 0.29) is 6.42 Å². The summed E-state index contributed by atoms with van der Waals surface area (Å²) < 4.78 is 13.3. The minimum atomic E-state index is -1.83. The van der Waals surface area contributed by atoms with Crippen molar-refractivity contribution in [1.82, 2.24) is 10.6 Å². The van der Waals surface area contributed by atoms with E-state index >= 15 is 0 Å². The van der Waals surface area contributed by atoms with Gasteiger partial charge in [-0.3, -0.25) is 10.1 Å². The van der Waals surface area contributed by atoms with Crippen molar-refractivity contribution in [2.45, 2.75) is 24.6 Å². The van der Waals surface area contributed by atoms with E-state index in [1.54, 1.807) is 0 Å². The molecule has 0 aromatic heterocycles. The lowest BCUT2D eigenvalue weighted by atomic mass is 9.75. The first-order valence-corrected chi connectivity index (χ1v) is 3.44. The van der Waals surface area contributed by atoms with Crippen molar-refractivity contribution in [2.24, 2.45) is 0 Å². The summed E-state index contributed by atoms with van der Waals surface area (Å²) >= 11 is 0. The molecular formula is C6H7FN2O2. The van der Waals surface area contributed by atoms with Crippen LogP contribution in [0.25, 0.3) is 0 Å². The second-order valence-corrected chi connectivity index (χ2v) is 2.88. The molecular weight excluding hydrogens is 151 g/mol. The summed E-state index contributed by atoms with van der Waals surface area (Å²) in [5.41, 5.74) is -1.83. The van der Waals surface area contributed by atoms with Gasteiger partial charge in [0.2, 0.25) is 5.67 Å². The van der Waals surface area contributed by atoms with Crippen LogP contribution in [-0.2, 0) is 4.79 Å². The third-order valence-corrected chi connectivity index (χ3v) is 2.26. The number of carbonyl (C=O) groups is 2. The predicted molar refractivity (Wildman–Crippen MR) is 33.5 cm³/mol. The molecule has 1 saturated heterocycles. The van der Waals surface area contributed by atoms with E-state index in [0.717, 1.165) is 0 Å². The van der Waals surface area contributed by atoms with Gasteiger partial charge in [0.25, 0.3) is 5.91 Å². The van der Waals surface area contributed by atoms with E-state index < -0.39 is 23.6 Å². The number of nitrogens with one attached hydrogen (secondary N) is 2. The Morgan fingerprint density at radius 1 is 1.55 bits per heavy atom. The van der Waals surface area contributed by atoms with Gasteiger partial charge in [-0.25, -0.2) is 9.18 Å². The Kier molecular flexibility index (Phi) is 1.03. The van der Waals surface area contributed by atoms with E-state index in [9.17, 15) is 14.0 Å². The quantitative estimate of drug-likeness (QED) is 0.508. The summed E-state index contributed by atoms with van der Waals surface area (Å²) in [5.74, 6) is -0.794. The maximum Gasteiger partial charge on any atom is 0.321 e. The maximum absolute atomic E-state index is 13.3. The molecule has 2 aliphatic rings. The largest absolute Gasteiger partial charge is 0.331 e. The Morgan fingerprint density at radius 3 is 2.73 bits per heavy atom. The molecule has 0 bridgehead atoms. The molecule has 4 nitrogen and oxygen atoms in total. The van der Waals surface area contributed by atoms with Gasteiger partial charge in [0, 0.05) is 0 Å². The zero-order valence-electron chi connectivity index (χ0n) is 5.69. The monoisotopic (exact) mass is 158 g/mol. The molecule has 2 N–H and O–H groups in total. The van der Waals surface area contributed by atoms with Gasteiger partial charge in [0.1, 0.15) is 0 Å². The van der Waals surface area contributed by atoms with Gasteiger partial charge < -0.3 is 5.32 Å². The van der Waals surface area contributed by atoms with Gasteiger partial charge >= 0.3 is 6.03 Å². The Morgan fingerprint density at radius 2 is 2.27 bits per heavy atom. The summed E-state index contributed by atoms with van der Waals surface area (Å²) in [7, 11) is 0. The van der Waals surface area contributed by atoms with Crippen LogP contribution in [0, 0.1) is 0 Å². The van der Waals surface area contributed by atoms with Crippen molar-refractivity contribution in [3.63, 3.8) is 0 Å². The van der Waals surface area contributed by atoms with E-state index in [4.69, 9.17) is 0 Å². The van der Waals surface area contributed by atoms with Crippen LogP contribution in [0.2, 0.25) is 0 Å². The SMILES string of the molecule is O=C1NC(=O)[C@@]2(F)CC[C@H]2N1. The standard InChI is InChI=1S/C6H7FN2O2/c7-6-2-1-3(6)8-5(11)9-4(6)10/h3H,1-2H2,(H2,8,9,10,11)/t3-,6-/m1/s1. The lowest BCUT2D eigenvalue weighted by molar-refractivity contribution is -0.142. The average molecular weight is 158 g/mol. The molecule has 0 unspecified atom stereocenters. The number of amides is 3. The molecule has 1 aliphatic carbocycles. The van der Waals surface area contributed by atoms with Gasteiger partial charge in [0.15, 0.2) is 0 Å². The van der Waals surface area contributed by atoms with Crippen molar-refractivity contribution < 1.29 is 14.0 Å². The highest BCUT2D eigenvalue weighted by atomic mass is 19.1. The highest BCUT2D eigenvalue weighted by molar-refractivity contribution is 6.03. The van der Waals surface area contributed by atoms with Crippen molar-refractivity contribution in [2.75, 3.05) is 0 Å².